The normalized spacial score (nSPS) is 11.0. The van der Waals surface area contributed by atoms with E-state index in [1.165, 1.54) is 0 Å². The van der Waals surface area contributed by atoms with Crippen LogP contribution in [0, 0.1) is 0 Å². The van der Waals surface area contributed by atoms with Crippen molar-refractivity contribution in [3.63, 3.8) is 0 Å². The molecule has 2 aromatic carbocycles. The van der Waals surface area contributed by atoms with Crippen LogP contribution in [0.1, 0.15) is 5.56 Å². The van der Waals surface area contributed by atoms with Gasteiger partial charge in [0, 0.05) is 29.9 Å². The fraction of sp³-hybridized carbons (Fsp3) is 0.0500. The molecule has 0 fully saturated rings. The molecule has 0 aliphatic carbocycles. The Hall–Kier alpha value is -2.91. The van der Waals surface area contributed by atoms with Gasteiger partial charge in [-0.05, 0) is 17.2 Å². The average Bonchev–Trinajstić information content (AvgIpc) is 3.07. The Balaban J connectivity index is 1.85. The number of pyridine rings is 1. The second-order valence-corrected chi connectivity index (χ2v) is 5.45. The van der Waals surface area contributed by atoms with Crippen molar-refractivity contribution in [2.75, 3.05) is 0 Å². The molecule has 3 heteroatoms. The molecule has 0 radical (unpaired) electrons. The minimum atomic E-state index is 0.547. The van der Waals surface area contributed by atoms with Crippen LogP contribution in [0.25, 0.3) is 33.6 Å². The summed E-state index contributed by atoms with van der Waals surface area (Å²) in [7, 11) is 0. The lowest BCUT2D eigenvalue weighted by molar-refractivity contribution is 0.632. The largest absolute Gasteiger partial charge is 0.454 e. The maximum atomic E-state index is 6.11. The van der Waals surface area contributed by atoms with E-state index in [2.05, 4.69) is 17.1 Å². The lowest BCUT2D eigenvalue weighted by Gasteiger charge is -2.03. The third-order valence-electron chi connectivity index (χ3n) is 3.97. The predicted octanol–water partition coefficient (Wildman–Crippen LogP) is 4.62. The van der Waals surface area contributed by atoms with Gasteiger partial charge in [0.05, 0.1) is 0 Å². The molecule has 0 saturated heterocycles. The van der Waals surface area contributed by atoms with Crippen LogP contribution in [0.2, 0.25) is 0 Å². The zero-order valence-electron chi connectivity index (χ0n) is 12.6. The second kappa shape index (κ2) is 5.71. The monoisotopic (exact) mass is 300 g/mol. The van der Waals surface area contributed by atoms with Crippen molar-refractivity contribution in [2.45, 2.75) is 6.54 Å². The first-order valence-corrected chi connectivity index (χ1v) is 7.58. The van der Waals surface area contributed by atoms with Crippen molar-refractivity contribution in [3.05, 3.63) is 78.5 Å². The van der Waals surface area contributed by atoms with E-state index >= 15 is 0 Å². The number of nitrogens with two attached hydrogens (primary N) is 1. The van der Waals surface area contributed by atoms with E-state index in [0.29, 0.717) is 6.54 Å². The number of nitrogens with zero attached hydrogens (tertiary/aromatic N) is 1. The molecule has 112 valence electrons. The predicted molar refractivity (Wildman–Crippen MR) is 92.8 cm³/mol. The average molecular weight is 300 g/mol. The Morgan fingerprint density at radius 3 is 2.39 bits per heavy atom. The first kappa shape index (κ1) is 13.7. The maximum absolute atomic E-state index is 6.11. The van der Waals surface area contributed by atoms with Crippen LogP contribution >= 0.6 is 0 Å². The smallest absolute Gasteiger partial charge is 0.161 e. The lowest BCUT2D eigenvalue weighted by atomic mass is 10.0. The molecule has 0 spiro atoms. The minimum absolute atomic E-state index is 0.547. The highest BCUT2D eigenvalue weighted by Crippen LogP contribution is 2.33. The molecule has 3 nitrogen and oxygen atoms in total. The van der Waals surface area contributed by atoms with Crippen LogP contribution in [0.5, 0.6) is 0 Å². The SMILES string of the molecule is NCc1ccc(-c2ccnc3cc(-c4ccccc4)oc23)cc1. The van der Waals surface area contributed by atoms with Crippen LogP contribution in [-0.4, -0.2) is 4.98 Å². The highest BCUT2D eigenvalue weighted by molar-refractivity contribution is 5.92. The topological polar surface area (TPSA) is 52.0 Å². The molecule has 0 unspecified atom stereocenters. The van der Waals surface area contributed by atoms with E-state index < -0.39 is 0 Å². The Bertz CT molecular complexity index is 940. The van der Waals surface area contributed by atoms with E-state index in [9.17, 15) is 0 Å². The summed E-state index contributed by atoms with van der Waals surface area (Å²) in [6.07, 6.45) is 1.82. The molecule has 0 atom stereocenters. The summed E-state index contributed by atoms with van der Waals surface area (Å²) >= 11 is 0. The summed E-state index contributed by atoms with van der Waals surface area (Å²) in [5.74, 6) is 0.833. The molecule has 2 N–H and O–H groups in total. The molecule has 0 aliphatic rings. The molecule has 4 rings (SSSR count). The molecular formula is C20H16N2O. The molecular weight excluding hydrogens is 284 g/mol. The van der Waals surface area contributed by atoms with Gasteiger partial charge in [0.1, 0.15) is 11.3 Å². The Morgan fingerprint density at radius 1 is 0.870 bits per heavy atom. The zero-order valence-corrected chi connectivity index (χ0v) is 12.6. The van der Waals surface area contributed by atoms with Crippen molar-refractivity contribution in [2.24, 2.45) is 5.73 Å². The Kier molecular flexibility index (Phi) is 3.41. The number of hydrogen-bond acceptors (Lipinski definition) is 3. The molecule has 2 aromatic heterocycles. The van der Waals surface area contributed by atoms with Gasteiger partial charge in [-0.1, -0.05) is 54.6 Å². The second-order valence-electron chi connectivity index (χ2n) is 5.45. The summed E-state index contributed by atoms with van der Waals surface area (Å²) in [4.78, 5) is 4.43. The van der Waals surface area contributed by atoms with Crippen LogP contribution < -0.4 is 5.73 Å². The van der Waals surface area contributed by atoms with Gasteiger partial charge in [-0.2, -0.15) is 0 Å². The summed E-state index contributed by atoms with van der Waals surface area (Å²) in [6, 6.07) is 22.3. The Labute approximate surface area is 134 Å². The third-order valence-corrected chi connectivity index (χ3v) is 3.97. The van der Waals surface area contributed by atoms with E-state index in [0.717, 1.165) is 39.1 Å². The molecule has 0 amide bonds. The van der Waals surface area contributed by atoms with Gasteiger partial charge in [-0.15, -0.1) is 0 Å². The molecule has 4 aromatic rings. The van der Waals surface area contributed by atoms with Gasteiger partial charge < -0.3 is 10.2 Å². The van der Waals surface area contributed by atoms with Crippen molar-refractivity contribution in [3.8, 4) is 22.5 Å². The van der Waals surface area contributed by atoms with E-state index in [-0.39, 0.29) is 0 Å². The van der Waals surface area contributed by atoms with Gasteiger partial charge >= 0.3 is 0 Å². The molecule has 23 heavy (non-hydrogen) atoms. The summed E-state index contributed by atoms with van der Waals surface area (Å²) in [5, 5.41) is 0. The number of fused-ring (bicyclic) bond motifs is 1. The van der Waals surface area contributed by atoms with E-state index in [1.54, 1.807) is 0 Å². The first-order chi connectivity index (χ1) is 11.3. The quantitative estimate of drug-likeness (QED) is 0.600. The number of rotatable bonds is 3. The lowest BCUT2D eigenvalue weighted by Crippen LogP contribution is -1.95. The fourth-order valence-electron chi connectivity index (χ4n) is 2.73. The van der Waals surface area contributed by atoms with Crippen molar-refractivity contribution >= 4 is 11.1 Å². The minimum Gasteiger partial charge on any atom is -0.454 e. The zero-order chi connectivity index (χ0) is 15.6. The molecule has 0 bridgehead atoms. The fourth-order valence-corrected chi connectivity index (χ4v) is 2.73. The third kappa shape index (κ3) is 2.51. The van der Waals surface area contributed by atoms with Crippen molar-refractivity contribution in [1.82, 2.24) is 4.98 Å². The summed E-state index contributed by atoms with van der Waals surface area (Å²) < 4.78 is 6.11. The first-order valence-electron chi connectivity index (χ1n) is 7.58. The standard InChI is InChI=1S/C20H16N2O/c21-13-14-6-8-15(9-7-14)17-10-11-22-18-12-19(23-20(17)18)16-4-2-1-3-5-16/h1-12H,13,21H2. The van der Waals surface area contributed by atoms with E-state index in [1.807, 2.05) is 60.8 Å². The van der Waals surface area contributed by atoms with Crippen molar-refractivity contribution < 1.29 is 4.42 Å². The van der Waals surface area contributed by atoms with Crippen LogP contribution in [0.4, 0.5) is 0 Å². The molecule has 0 aliphatic heterocycles. The van der Waals surface area contributed by atoms with Gasteiger partial charge in [0.15, 0.2) is 5.58 Å². The van der Waals surface area contributed by atoms with Crippen LogP contribution in [0.15, 0.2) is 77.3 Å². The summed E-state index contributed by atoms with van der Waals surface area (Å²) in [5.41, 5.74) is 11.7. The van der Waals surface area contributed by atoms with Crippen LogP contribution in [0.3, 0.4) is 0 Å². The highest BCUT2D eigenvalue weighted by atomic mass is 16.3. The summed E-state index contributed by atoms with van der Waals surface area (Å²) in [6.45, 7) is 0.547. The number of benzene rings is 2. The van der Waals surface area contributed by atoms with Gasteiger partial charge in [0.2, 0.25) is 0 Å². The van der Waals surface area contributed by atoms with Crippen LogP contribution in [-0.2, 0) is 6.54 Å². The maximum Gasteiger partial charge on any atom is 0.161 e. The molecule has 0 saturated carbocycles. The molecule has 2 heterocycles. The number of furan rings is 1. The van der Waals surface area contributed by atoms with Gasteiger partial charge in [-0.25, -0.2) is 0 Å². The number of aromatic nitrogens is 1. The van der Waals surface area contributed by atoms with Gasteiger partial charge in [-0.3, -0.25) is 4.98 Å². The van der Waals surface area contributed by atoms with Crippen molar-refractivity contribution in [1.29, 1.82) is 0 Å². The van der Waals surface area contributed by atoms with E-state index in [4.69, 9.17) is 10.2 Å². The Morgan fingerprint density at radius 2 is 1.65 bits per heavy atom. The number of hydrogen-bond donors (Lipinski definition) is 1. The highest BCUT2D eigenvalue weighted by Gasteiger charge is 2.12. The van der Waals surface area contributed by atoms with Gasteiger partial charge in [0.25, 0.3) is 0 Å².